The van der Waals surface area contributed by atoms with E-state index in [4.69, 9.17) is 0 Å². The maximum atomic E-state index is 13.6. The molecule has 0 aliphatic rings. The van der Waals surface area contributed by atoms with Crippen LogP contribution in [0.1, 0.15) is 11.3 Å². The minimum Gasteiger partial charge on any atom is -0.253 e. The second-order valence-electron chi connectivity index (χ2n) is 3.43. The number of thiazole rings is 1. The Balaban J connectivity index is 2.12. The third-order valence-electron chi connectivity index (χ3n) is 2.05. The van der Waals surface area contributed by atoms with Crippen molar-refractivity contribution in [3.05, 3.63) is 42.6 Å². The van der Waals surface area contributed by atoms with Gasteiger partial charge in [-0.2, -0.15) is 5.10 Å². The van der Waals surface area contributed by atoms with Crippen LogP contribution in [0.4, 0.5) is 9.52 Å². The number of rotatable bonds is 3. The number of aromatic nitrogens is 1. The fourth-order valence-corrected chi connectivity index (χ4v) is 3.11. The monoisotopic (exact) mass is 439 g/mol. The van der Waals surface area contributed by atoms with Gasteiger partial charge in [0.1, 0.15) is 0 Å². The maximum Gasteiger partial charge on any atom is 0.203 e. The topological polar surface area (TPSA) is 37.3 Å². The van der Waals surface area contributed by atoms with E-state index in [2.05, 4.69) is 31.4 Å². The average molecular weight is 440 g/mol. The van der Waals surface area contributed by atoms with E-state index >= 15 is 0 Å². The van der Waals surface area contributed by atoms with Crippen LogP contribution >= 0.6 is 49.9 Å². The van der Waals surface area contributed by atoms with Gasteiger partial charge in [0.05, 0.1) is 16.4 Å². The van der Waals surface area contributed by atoms with Crippen LogP contribution in [-0.2, 0) is 0 Å². The average Bonchev–Trinajstić information content (AvgIpc) is 2.75. The molecule has 2 rings (SSSR count). The molecule has 1 N–H and O–H groups in total. The predicted octanol–water partition coefficient (Wildman–Crippen LogP) is 4.40. The molecule has 94 valence electrons. The maximum absolute atomic E-state index is 13.6. The zero-order valence-corrected chi connectivity index (χ0v) is 13.8. The number of halogens is 3. The molecule has 0 spiro atoms. The Bertz CT molecular complexity index is 600. The largest absolute Gasteiger partial charge is 0.253 e. The molecule has 7 heteroatoms. The van der Waals surface area contributed by atoms with E-state index in [-0.39, 0.29) is 5.82 Å². The number of hydrogen-bond acceptors (Lipinski definition) is 4. The van der Waals surface area contributed by atoms with Crippen LogP contribution in [0.3, 0.4) is 0 Å². The Hall–Kier alpha value is -0.540. The van der Waals surface area contributed by atoms with Crippen molar-refractivity contribution in [2.75, 3.05) is 5.43 Å². The lowest BCUT2D eigenvalue weighted by Gasteiger charge is -2.01. The molecule has 0 radical (unpaired) electrons. The summed E-state index contributed by atoms with van der Waals surface area (Å²) < 4.78 is 14.6. The van der Waals surface area contributed by atoms with Gasteiger partial charge in [0.15, 0.2) is 5.82 Å². The van der Waals surface area contributed by atoms with Crippen LogP contribution in [0.25, 0.3) is 0 Å². The highest BCUT2D eigenvalue weighted by Crippen LogP contribution is 2.23. The molecule has 0 saturated carbocycles. The molecule has 0 fully saturated rings. The second-order valence-corrected chi connectivity index (χ2v) is 6.24. The first kappa shape index (κ1) is 13.9. The van der Waals surface area contributed by atoms with Crippen LogP contribution in [0.5, 0.6) is 0 Å². The van der Waals surface area contributed by atoms with Gasteiger partial charge in [0.25, 0.3) is 0 Å². The molecule has 1 aromatic carbocycles. The summed E-state index contributed by atoms with van der Waals surface area (Å²) in [6.07, 6.45) is 1.56. The summed E-state index contributed by atoms with van der Waals surface area (Å²) in [6, 6.07) is 3.50. The number of nitrogens with one attached hydrogen (secondary N) is 1. The first-order valence-electron chi connectivity index (χ1n) is 4.92. The Kier molecular flexibility index (Phi) is 4.68. The Labute approximate surface area is 130 Å². The summed E-state index contributed by atoms with van der Waals surface area (Å²) >= 11 is 6.62. The Morgan fingerprint density at radius 3 is 3.00 bits per heavy atom. The summed E-state index contributed by atoms with van der Waals surface area (Å²) in [5, 5.41) is 6.67. The first-order chi connectivity index (χ1) is 8.58. The molecule has 0 atom stereocenters. The molecule has 0 saturated heterocycles. The van der Waals surface area contributed by atoms with Gasteiger partial charge in [0.2, 0.25) is 5.13 Å². The molecular weight excluding hydrogens is 432 g/mol. The lowest BCUT2D eigenvalue weighted by Crippen LogP contribution is -1.94. The van der Waals surface area contributed by atoms with Crippen LogP contribution in [0.2, 0.25) is 0 Å². The summed E-state index contributed by atoms with van der Waals surface area (Å²) in [4.78, 5) is 4.20. The molecule has 0 aliphatic carbocycles. The van der Waals surface area contributed by atoms with Gasteiger partial charge in [-0.05, 0) is 51.5 Å². The lowest BCUT2D eigenvalue weighted by atomic mass is 10.2. The highest BCUT2D eigenvalue weighted by Gasteiger charge is 2.07. The van der Waals surface area contributed by atoms with Gasteiger partial charge in [-0.1, -0.05) is 6.07 Å². The van der Waals surface area contributed by atoms with E-state index < -0.39 is 0 Å². The number of hydrogen-bond donors (Lipinski definition) is 1. The number of aryl methyl sites for hydroxylation is 1. The van der Waals surface area contributed by atoms with Crippen molar-refractivity contribution in [2.24, 2.45) is 5.10 Å². The van der Waals surface area contributed by atoms with Crippen LogP contribution in [0.15, 0.2) is 27.1 Å². The fourth-order valence-electron chi connectivity index (χ4n) is 1.20. The van der Waals surface area contributed by atoms with Gasteiger partial charge in [-0.3, -0.25) is 5.43 Å². The minimum absolute atomic E-state index is 0.273. The molecular formula is C11H8BrFIN3S. The molecule has 0 amide bonds. The summed E-state index contributed by atoms with van der Waals surface area (Å²) in [7, 11) is 0. The van der Waals surface area contributed by atoms with E-state index in [0.29, 0.717) is 18.7 Å². The van der Waals surface area contributed by atoms with Gasteiger partial charge in [-0.15, -0.1) is 11.3 Å². The summed E-state index contributed by atoms with van der Waals surface area (Å²) in [5.41, 5.74) is 4.43. The van der Waals surface area contributed by atoms with Crippen molar-refractivity contribution in [3.8, 4) is 0 Å². The summed E-state index contributed by atoms with van der Waals surface area (Å²) in [5.74, 6) is -0.273. The van der Waals surface area contributed by atoms with E-state index in [1.54, 1.807) is 18.3 Å². The molecule has 3 nitrogen and oxygen atoms in total. The minimum atomic E-state index is -0.273. The smallest absolute Gasteiger partial charge is 0.203 e. The van der Waals surface area contributed by atoms with Gasteiger partial charge in [0, 0.05) is 14.5 Å². The number of anilines is 1. The highest BCUT2D eigenvalue weighted by atomic mass is 127. The van der Waals surface area contributed by atoms with E-state index in [9.17, 15) is 4.39 Å². The SMILES string of the molecule is Cc1csc(NN=Cc2ccc(I)c(F)c2Br)n1. The van der Waals surface area contributed by atoms with Crippen molar-refractivity contribution in [2.45, 2.75) is 6.92 Å². The highest BCUT2D eigenvalue weighted by molar-refractivity contribution is 14.1. The number of benzene rings is 1. The lowest BCUT2D eigenvalue weighted by molar-refractivity contribution is 0.613. The van der Waals surface area contributed by atoms with Crippen molar-refractivity contribution in [1.29, 1.82) is 0 Å². The second kappa shape index (κ2) is 6.07. The molecule has 1 heterocycles. The van der Waals surface area contributed by atoms with E-state index in [1.165, 1.54) is 11.3 Å². The standard InChI is InChI=1S/C11H8BrFIN3S/c1-6-5-18-11(16-6)17-15-4-7-2-3-8(14)10(13)9(7)12/h2-5H,1H3,(H,16,17). The Morgan fingerprint density at radius 1 is 1.56 bits per heavy atom. The molecule has 1 aromatic heterocycles. The molecule has 18 heavy (non-hydrogen) atoms. The zero-order chi connectivity index (χ0) is 13.1. The number of nitrogens with zero attached hydrogens (tertiary/aromatic N) is 2. The van der Waals surface area contributed by atoms with Crippen molar-refractivity contribution >= 4 is 61.2 Å². The molecule has 2 aromatic rings. The van der Waals surface area contributed by atoms with Crippen LogP contribution in [0, 0.1) is 16.3 Å². The van der Waals surface area contributed by atoms with Gasteiger partial charge >= 0.3 is 0 Å². The van der Waals surface area contributed by atoms with E-state index in [0.717, 1.165) is 5.69 Å². The third-order valence-corrected chi connectivity index (χ3v) is 4.55. The van der Waals surface area contributed by atoms with Crippen LogP contribution in [-0.4, -0.2) is 11.2 Å². The molecule has 0 aliphatic heterocycles. The van der Waals surface area contributed by atoms with Crippen molar-refractivity contribution in [1.82, 2.24) is 4.98 Å². The van der Waals surface area contributed by atoms with Gasteiger partial charge < -0.3 is 0 Å². The normalized spacial score (nSPS) is 11.1. The first-order valence-corrected chi connectivity index (χ1v) is 7.68. The summed E-state index contributed by atoms with van der Waals surface area (Å²) in [6.45, 7) is 1.91. The molecule has 0 unspecified atom stereocenters. The quantitative estimate of drug-likeness (QED) is 0.333. The van der Waals surface area contributed by atoms with E-state index in [1.807, 2.05) is 34.9 Å². The Morgan fingerprint density at radius 2 is 2.33 bits per heavy atom. The number of hydrazone groups is 1. The van der Waals surface area contributed by atoms with Crippen molar-refractivity contribution < 1.29 is 4.39 Å². The zero-order valence-electron chi connectivity index (χ0n) is 9.25. The van der Waals surface area contributed by atoms with Gasteiger partial charge in [-0.25, -0.2) is 9.37 Å². The predicted molar refractivity (Wildman–Crippen MR) is 84.9 cm³/mol. The molecule has 0 bridgehead atoms. The van der Waals surface area contributed by atoms with Crippen LogP contribution < -0.4 is 5.43 Å². The van der Waals surface area contributed by atoms with Crippen molar-refractivity contribution in [3.63, 3.8) is 0 Å². The third kappa shape index (κ3) is 3.27. The fraction of sp³-hybridized carbons (Fsp3) is 0.0909.